The molecule has 0 aliphatic carbocycles. The van der Waals surface area contributed by atoms with E-state index in [9.17, 15) is 23.2 Å². The Kier molecular flexibility index (Phi) is 6.71. The van der Waals surface area contributed by atoms with Crippen LogP contribution < -0.4 is 14.8 Å². The molecular weight excluding hydrogens is 386 g/mol. The van der Waals surface area contributed by atoms with Crippen LogP contribution in [0.2, 0.25) is 0 Å². The summed E-state index contributed by atoms with van der Waals surface area (Å²) in [6, 6.07) is 8.10. The van der Waals surface area contributed by atoms with E-state index in [1.165, 1.54) is 49.5 Å². The van der Waals surface area contributed by atoms with Crippen molar-refractivity contribution in [1.29, 1.82) is 0 Å². The van der Waals surface area contributed by atoms with E-state index in [1.807, 2.05) is 0 Å². The minimum Gasteiger partial charge on any atom is -0.619 e. The van der Waals surface area contributed by atoms with Crippen molar-refractivity contribution in [2.24, 2.45) is 0 Å². The molecule has 0 unspecified atom stereocenters. The highest BCUT2D eigenvalue weighted by Crippen LogP contribution is 2.15. The van der Waals surface area contributed by atoms with Gasteiger partial charge in [-0.2, -0.15) is 4.73 Å². The number of ether oxygens (including phenoxy) is 1. The molecule has 1 atom stereocenters. The summed E-state index contributed by atoms with van der Waals surface area (Å²) in [5.41, 5.74) is 0.359. The van der Waals surface area contributed by atoms with Crippen LogP contribution in [0, 0.1) is 5.21 Å². The van der Waals surface area contributed by atoms with E-state index in [4.69, 9.17) is 4.74 Å². The maximum Gasteiger partial charge on any atom is 0.345 e. The number of nitrogens with zero attached hydrogens (tertiary/aromatic N) is 1. The third kappa shape index (κ3) is 5.76. The zero-order valence-corrected chi connectivity index (χ0v) is 16.4. The van der Waals surface area contributed by atoms with Gasteiger partial charge in [-0.25, -0.2) is 17.9 Å². The monoisotopic (exact) mass is 407 g/mol. The minimum atomic E-state index is -3.63. The summed E-state index contributed by atoms with van der Waals surface area (Å²) in [6.45, 7) is 4.80. The fraction of sp³-hybridized carbons (Fsp3) is 0.278. The van der Waals surface area contributed by atoms with Crippen LogP contribution in [0.1, 0.15) is 31.1 Å². The molecular formula is C18H21N3O6S. The zero-order chi connectivity index (χ0) is 20.9. The molecule has 2 N–H and O–H groups in total. The summed E-state index contributed by atoms with van der Waals surface area (Å²) in [4.78, 5) is 24.2. The smallest absolute Gasteiger partial charge is 0.345 e. The lowest BCUT2D eigenvalue weighted by atomic mass is 10.2. The molecule has 1 aromatic heterocycles. The van der Waals surface area contributed by atoms with E-state index in [-0.39, 0.29) is 16.5 Å². The highest BCUT2D eigenvalue weighted by molar-refractivity contribution is 7.89. The lowest BCUT2D eigenvalue weighted by molar-refractivity contribution is -0.605. The van der Waals surface area contributed by atoms with Gasteiger partial charge in [0.25, 0.3) is 5.91 Å². The average Bonchev–Trinajstić information content (AvgIpc) is 2.61. The number of pyridine rings is 1. The van der Waals surface area contributed by atoms with Crippen molar-refractivity contribution in [1.82, 2.24) is 4.72 Å². The number of sulfonamides is 1. The molecule has 9 nitrogen and oxygen atoms in total. The van der Waals surface area contributed by atoms with Gasteiger partial charge in [-0.1, -0.05) is 0 Å². The first-order valence-corrected chi connectivity index (χ1v) is 9.90. The van der Waals surface area contributed by atoms with E-state index in [1.54, 1.807) is 13.8 Å². The maximum absolute atomic E-state index is 12.2. The number of anilines is 1. The maximum atomic E-state index is 12.2. The molecule has 1 heterocycles. The van der Waals surface area contributed by atoms with Gasteiger partial charge in [0, 0.05) is 17.8 Å². The number of carbonyl (C=O) groups excluding carboxylic acids is 2. The Morgan fingerprint density at radius 2 is 1.75 bits per heavy atom. The predicted octanol–water partition coefficient (Wildman–Crippen LogP) is 1.19. The molecule has 150 valence electrons. The largest absolute Gasteiger partial charge is 0.619 e. The van der Waals surface area contributed by atoms with Crippen LogP contribution in [0.4, 0.5) is 5.69 Å². The van der Waals surface area contributed by atoms with Crippen molar-refractivity contribution < 1.29 is 27.5 Å². The Labute approximate surface area is 163 Å². The highest BCUT2D eigenvalue weighted by Gasteiger charge is 2.21. The van der Waals surface area contributed by atoms with Gasteiger partial charge in [0.15, 0.2) is 18.5 Å². The molecule has 0 saturated heterocycles. The van der Waals surface area contributed by atoms with E-state index >= 15 is 0 Å². The molecule has 1 amide bonds. The molecule has 1 aromatic carbocycles. The van der Waals surface area contributed by atoms with Crippen LogP contribution in [0.25, 0.3) is 0 Å². The lowest BCUT2D eigenvalue weighted by Gasteiger charge is -2.14. The number of carbonyl (C=O) groups is 2. The Hall–Kier alpha value is -2.98. The van der Waals surface area contributed by atoms with Crippen LogP contribution in [0.3, 0.4) is 0 Å². The Balaban J connectivity index is 1.99. The summed E-state index contributed by atoms with van der Waals surface area (Å²) in [7, 11) is -3.63. The predicted molar refractivity (Wildman–Crippen MR) is 101 cm³/mol. The zero-order valence-electron chi connectivity index (χ0n) is 15.6. The molecule has 28 heavy (non-hydrogen) atoms. The minimum absolute atomic E-state index is 0.0179. The normalized spacial score (nSPS) is 12.4. The summed E-state index contributed by atoms with van der Waals surface area (Å²) in [5, 5.41) is 13.7. The molecule has 0 saturated carbocycles. The second-order valence-corrected chi connectivity index (χ2v) is 8.00. The third-order valence-electron chi connectivity index (χ3n) is 3.49. The van der Waals surface area contributed by atoms with E-state index < -0.39 is 28.0 Å². The van der Waals surface area contributed by atoms with Gasteiger partial charge in [0.1, 0.15) is 5.56 Å². The Morgan fingerprint density at radius 3 is 2.32 bits per heavy atom. The van der Waals surface area contributed by atoms with Crippen LogP contribution in [-0.2, 0) is 19.6 Å². The average molecular weight is 407 g/mol. The van der Waals surface area contributed by atoms with Crippen LogP contribution in [0.15, 0.2) is 53.7 Å². The number of hydrogen-bond donors (Lipinski definition) is 2. The number of hydrogen-bond acceptors (Lipinski definition) is 6. The van der Waals surface area contributed by atoms with Crippen molar-refractivity contribution in [3.05, 3.63) is 59.6 Å². The van der Waals surface area contributed by atoms with Gasteiger partial charge in [0.05, 0.1) is 4.90 Å². The summed E-state index contributed by atoms with van der Waals surface area (Å²) >= 11 is 0. The lowest BCUT2D eigenvalue weighted by Crippen LogP contribution is -2.31. The Bertz CT molecular complexity index is 958. The van der Waals surface area contributed by atoms with Gasteiger partial charge in [0.2, 0.25) is 10.0 Å². The topological polar surface area (TPSA) is 129 Å². The number of esters is 1. The quantitative estimate of drug-likeness (QED) is 0.403. The van der Waals surface area contributed by atoms with Gasteiger partial charge in [-0.05, 0) is 51.1 Å². The van der Waals surface area contributed by atoms with Crippen molar-refractivity contribution in [2.45, 2.75) is 37.8 Å². The first kappa shape index (κ1) is 21.3. The second kappa shape index (κ2) is 8.81. The van der Waals surface area contributed by atoms with E-state index in [2.05, 4.69) is 10.0 Å². The molecule has 0 aliphatic rings. The molecule has 0 spiro atoms. The molecule has 0 radical (unpaired) electrons. The van der Waals surface area contributed by atoms with E-state index in [0.29, 0.717) is 10.4 Å². The van der Waals surface area contributed by atoms with Gasteiger partial charge < -0.3 is 15.3 Å². The van der Waals surface area contributed by atoms with Crippen molar-refractivity contribution >= 4 is 27.6 Å². The fourth-order valence-corrected chi connectivity index (χ4v) is 3.45. The second-order valence-electron chi connectivity index (χ2n) is 6.29. The molecule has 0 fully saturated rings. The number of nitrogens with one attached hydrogen (secondary N) is 2. The van der Waals surface area contributed by atoms with Crippen LogP contribution >= 0.6 is 0 Å². The summed E-state index contributed by atoms with van der Waals surface area (Å²) in [5.74, 6) is -1.41. The van der Waals surface area contributed by atoms with E-state index in [0.717, 1.165) is 6.20 Å². The molecule has 2 rings (SSSR count). The van der Waals surface area contributed by atoms with Gasteiger partial charge in [-0.3, -0.25) is 4.79 Å². The summed E-state index contributed by atoms with van der Waals surface area (Å²) in [6.07, 6.45) is 1.13. The highest BCUT2D eigenvalue weighted by atomic mass is 32.2. The SMILES string of the molecule is CC(C)NS(=O)(=O)c1ccc(NC(=O)[C@@H](C)OC(=O)c2ccc[n+]([O-])c2)cc1. The summed E-state index contributed by atoms with van der Waals surface area (Å²) < 4.78 is 32.1. The molecule has 2 aromatic rings. The van der Waals surface area contributed by atoms with Crippen molar-refractivity contribution in [2.75, 3.05) is 5.32 Å². The van der Waals surface area contributed by atoms with Gasteiger partial charge >= 0.3 is 5.97 Å². The molecule has 10 heteroatoms. The van der Waals surface area contributed by atoms with Crippen molar-refractivity contribution in [3.63, 3.8) is 0 Å². The van der Waals surface area contributed by atoms with Crippen molar-refractivity contribution in [3.8, 4) is 0 Å². The number of benzene rings is 1. The molecule has 0 bridgehead atoms. The van der Waals surface area contributed by atoms with Gasteiger partial charge in [-0.15, -0.1) is 0 Å². The fourth-order valence-electron chi connectivity index (χ4n) is 2.20. The van der Waals surface area contributed by atoms with Crippen LogP contribution in [0.5, 0.6) is 0 Å². The number of aromatic nitrogens is 1. The third-order valence-corrected chi connectivity index (χ3v) is 5.16. The first-order valence-electron chi connectivity index (χ1n) is 8.41. The number of amides is 1. The first-order chi connectivity index (χ1) is 13.1. The van der Waals surface area contributed by atoms with Crippen LogP contribution in [-0.4, -0.2) is 32.4 Å². The Morgan fingerprint density at radius 1 is 1.11 bits per heavy atom. The standard InChI is InChI=1S/C18H21N3O6S/c1-12(2)20-28(25,26)16-8-6-15(7-9-16)19-17(22)13(3)27-18(23)14-5-4-10-21(24)11-14/h4-13,20H,1-3H3,(H,19,22)/t13-/m1/s1. The number of rotatable bonds is 7. The molecule has 0 aliphatic heterocycles.